The van der Waals surface area contributed by atoms with E-state index in [1.807, 2.05) is 25.2 Å². The number of aliphatic imine (C=N–C) groups is 1. The van der Waals surface area contributed by atoms with Gasteiger partial charge in [-0.2, -0.15) is 0 Å². The van der Waals surface area contributed by atoms with Crippen LogP contribution in [0.2, 0.25) is 0 Å². The average Bonchev–Trinajstić information content (AvgIpc) is 3.15. The van der Waals surface area contributed by atoms with Gasteiger partial charge < -0.3 is 25.0 Å². The summed E-state index contributed by atoms with van der Waals surface area (Å²) in [5.41, 5.74) is 1.05. The highest BCUT2D eigenvalue weighted by Gasteiger charge is 2.21. The number of nitrogens with one attached hydrogen (secondary N) is 2. The molecule has 1 saturated heterocycles. The molecule has 1 aromatic carbocycles. The highest BCUT2D eigenvalue weighted by Crippen LogP contribution is 2.24. The quantitative estimate of drug-likeness (QED) is 0.380. The van der Waals surface area contributed by atoms with Gasteiger partial charge in [0.05, 0.1) is 16.3 Å². The second-order valence-electron chi connectivity index (χ2n) is 6.79. The van der Waals surface area contributed by atoms with E-state index in [1.165, 1.54) is 4.70 Å². The van der Waals surface area contributed by atoms with Gasteiger partial charge in [0.15, 0.2) is 11.1 Å². The molecule has 3 rings (SSSR count). The predicted molar refractivity (Wildman–Crippen MR) is 117 cm³/mol. The van der Waals surface area contributed by atoms with E-state index in [9.17, 15) is 0 Å². The molecule has 1 fully saturated rings. The molecule has 154 valence electrons. The van der Waals surface area contributed by atoms with Crippen LogP contribution in [0.3, 0.4) is 0 Å². The Bertz CT molecular complexity index is 710. The summed E-state index contributed by atoms with van der Waals surface area (Å²) in [6.07, 6.45) is 3.39. The molecule has 28 heavy (non-hydrogen) atoms. The molecular formula is C20H31N5O2S. The topological polar surface area (TPSA) is 71.0 Å². The number of thiazole rings is 1. The molecule has 2 N–H and O–H groups in total. The highest BCUT2D eigenvalue weighted by atomic mass is 32.1. The molecule has 1 aromatic heterocycles. The Labute approximate surface area is 171 Å². The van der Waals surface area contributed by atoms with Crippen LogP contribution in [-0.4, -0.2) is 75.5 Å². The number of piperidine rings is 1. The van der Waals surface area contributed by atoms with Crippen LogP contribution >= 0.6 is 11.3 Å². The number of para-hydroxylation sites is 1. The largest absolute Gasteiger partial charge is 0.385 e. The van der Waals surface area contributed by atoms with Crippen molar-refractivity contribution in [3.05, 3.63) is 24.3 Å². The number of fused-ring (bicyclic) bond motifs is 1. The number of aromatic nitrogens is 1. The summed E-state index contributed by atoms with van der Waals surface area (Å²) < 4.78 is 12.2. The minimum Gasteiger partial charge on any atom is -0.385 e. The number of likely N-dealkylation sites (tertiary alicyclic amines) is 1. The van der Waals surface area contributed by atoms with Crippen LogP contribution in [0.5, 0.6) is 0 Å². The van der Waals surface area contributed by atoms with Crippen molar-refractivity contribution in [1.29, 1.82) is 0 Å². The third-order valence-electron chi connectivity index (χ3n) is 4.78. The number of guanidine groups is 1. The van der Waals surface area contributed by atoms with Gasteiger partial charge in [-0.1, -0.05) is 23.5 Å². The number of nitrogens with zero attached hydrogens (tertiary/aromatic N) is 3. The molecule has 0 aliphatic carbocycles. The van der Waals surface area contributed by atoms with E-state index in [4.69, 9.17) is 9.47 Å². The molecule has 2 heterocycles. The van der Waals surface area contributed by atoms with E-state index in [0.29, 0.717) is 6.10 Å². The Morgan fingerprint density at radius 1 is 1.25 bits per heavy atom. The normalized spacial score (nSPS) is 15.9. The second-order valence-corrected chi connectivity index (χ2v) is 7.82. The first kappa shape index (κ1) is 20.8. The van der Waals surface area contributed by atoms with Crippen LogP contribution in [0.4, 0.5) is 5.13 Å². The first-order chi connectivity index (χ1) is 13.8. The summed E-state index contributed by atoms with van der Waals surface area (Å²) in [4.78, 5) is 11.3. The summed E-state index contributed by atoms with van der Waals surface area (Å²) in [5, 5.41) is 7.81. The van der Waals surface area contributed by atoms with E-state index in [2.05, 4.69) is 31.6 Å². The van der Waals surface area contributed by atoms with Crippen LogP contribution < -0.4 is 10.6 Å². The van der Waals surface area contributed by atoms with Gasteiger partial charge in [-0.05, 0) is 31.4 Å². The van der Waals surface area contributed by atoms with E-state index in [0.717, 1.165) is 75.3 Å². The monoisotopic (exact) mass is 405 g/mol. The third-order valence-corrected chi connectivity index (χ3v) is 5.77. The molecule has 7 nitrogen and oxygen atoms in total. The van der Waals surface area contributed by atoms with Gasteiger partial charge in [-0.3, -0.25) is 4.99 Å². The molecule has 0 spiro atoms. The van der Waals surface area contributed by atoms with Crippen LogP contribution in [-0.2, 0) is 9.47 Å². The van der Waals surface area contributed by atoms with Gasteiger partial charge in [-0.25, -0.2) is 4.98 Å². The van der Waals surface area contributed by atoms with Crippen molar-refractivity contribution in [3.63, 3.8) is 0 Å². The molecule has 0 bridgehead atoms. The van der Waals surface area contributed by atoms with Crippen LogP contribution in [0, 0.1) is 0 Å². The van der Waals surface area contributed by atoms with Crippen molar-refractivity contribution in [1.82, 2.24) is 15.2 Å². The van der Waals surface area contributed by atoms with Crippen LogP contribution in [0.25, 0.3) is 10.2 Å². The van der Waals surface area contributed by atoms with E-state index in [-0.39, 0.29) is 0 Å². The zero-order valence-electron chi connectivity index (χ0n) is 16.8. The summed E-state index contributed by atoms with van der Waals surface area (Å²) in [6.45, 7) is 5.09. The highest BCUT2D eigenvalue weighted by molar-refractivity contribution is 7.22. The maximum absolute atomic E-state index is 5.94. The lowest BCUT2D eigenvalue weighted by Gasteiger charge is -2.34. The number of methoxy groups -OCH3 is 1. The molecule has 0 saturated carbocycles. The summed E-state index contributed by atoms with van der Waals surface area (Å²) in [7, 11) is 3.57. The second kappa shape index (κ2) is 11.2. The van der Waals surface area contributed by atoms with Crippen molar-refractivity contribution in [2.24, 2.45) is 4.99 Å². The maximum atomic E-state index is 5.94. The van der Waals surface area contributed by atoms with Gasteiger partial charge in [0.1, 0.15) is 0 Å². The van der Waals surface area contributed by atoms with E-state index >= 15 is 0 Å². The zero-order valence-corrected chi connectivity index (χ0v) is 17.6. The minimum atomic E-state index is 0.354. The average molecular weight is 406 g/mol. The zero-order chi connectivity index (χ0) is 19.6. The van der Waals surface area contributed by atoms with Crippen LogP contribution in [0.15, 0.2) is 29.3 Å². The number of benzene rings is 1. The fraction of sp³-hybridized carbons (Fsp3) is 0.600. The molecule has 1 aliphatic rings. The molecule has 2 aromatic rings. The van der Waals surface area contributed by atoms with Crippen molar-refractivity contribution < 1.29 is 9.47 Å². The van der Waals surface area contributed by atoms with Gasteiger partial charge >= 0.3 is 0 Å². The molecule has 0 radical (unpaired) electrons. The number of hydrogen-bond acceptors (Lipinski definition) is 6. The SMILES string of the molecule is CN=C(NCCNc1nc2ccccc2s1)N1CCC(OCCCOC)CC1. The van der Waals surface area contributed by atoms with Gasteiger partial charge in [0, 0.05) is 53.6 Å². The lowest BCUT2D eigenvalue weighted by atomic mass is 10.1. The third kappa shape index (κ3) is 6.05. The molecule has 0 atom stereocenters. The summed E-state index contributed by atoms with van der Waals surface area (Å²) in [6, 6.07) is 8.21. The number of hydrogen-bond donors (Lipinski definition) is 2. The Morgan fingerprint density at radius 3 is 2.82 bits per heavy atom. The fourth-order valence-electron chi connectivity index (χ4n) is 3.31. The van der Waals surface area contributed by atoms with Crippen molar-refractivity contribution in [3.8, 4) is 0 Å². The number of rotatable bonds is 9. The first-order valence-corrected chi connectivity index (χ1v) is 10.8. The smallest absolute Gasteiger partial charge is 0.193 e. The molecule has 8 heteroatoms. The summed E-state index contributed by atoms with van der Waals surface area (Å²) in [5.74, 6) is 0.962. The van der Waals surface area contributed by atoms with Gasteiger partial charge in [0.2, 0.25) is 0 Å². The van der Waals surface area contributed by atoms with Crippen molar-refractivity contribution in [2.75, 3.05) is 58.9 Å². The van der Waals surface area contributed by atoms with E-state index < -0.39 is 0 Å². The molecular weight excluding hydrogens is 374 g/mol. The fourth-order valence-corrected chi connectivity index (χ4v) is 4.20. The standard InChI is InChI=1S/C20H31N5O2S/c1-21-19(25-12-8-16(9-13-25)27-15-5-14-26-2)22-10-11-23-20-24-17-6-3-4-7-18(17)28-20/h3-4,6-7,16H,5,8-15H2,1-2H3,(H,21,22)(H,23,24). The van der Waals surface area contributed by atoms with Gasteiger partial charge in [-0.15, -0.1) is 0 Å². The van der Waals surface area contributed by atoms with Gasteiger partial charge in [0.25, 0.3) is 0 Å². The Morgan fingerprint density at radius 2 is 2.07 bits per heavy atom. The molecule has 1 aliphatic heterocycles. The number of anilines is 1. The maximum Gasteiger partial charge on any atom is 0.193 e. The Balaban J connectivity index is 1.34. The number of ether oxygens (including phenoxy) is 2. The van der Waals surface area contributed by atoms with E-state index in [1.54, 1.807) is 18.4 Å². The van der Waals surface area contributed by atoms with Crippen molar-refractivity contribution in [2.45, 2.75) is 25.4 Å². The summed E-state index contributed by atoms with van der Waals surface area (Å²) >= 11 is 1.69. The molecule has 0 amide bonds. The first-order valence-electron chi connectivity index (χ1n) is 9.95. The lowest BCUT2D eigenvalue weighted by Crippen LogP contribution is -2.47. The van der Waals surface area contributed by atoms with Crippen LogP contribution in [0.1, 0.15) is 19.3 Å². The Hall–Kier alpha value is -1.90. The molecule has 0 unspecified atom stereocenters. The Kier molecular flexibility index (Phi) is 8.32. The lowest BCUT2D eigenvalue weighted by molar-refractivity contribution is 0.00992. The minimum absolute atomic E-state index is 0.354. The van der Waals surface area contributed by atoms with Crippen molar-refractivity contribution >= 4 is 32.6 Å². The predicted octanol–water partition coefficient (Wildman–Crippen LogP) is 2.80.